The van der Waals surface area contributed by atoms with Crippen molar-refractivity contribution < 1.29 is 9.47 Å². The van der Waals surface area contributed by atoms with E-state index < -0.39 is 0 Å². The van der Waals surface area contributed by atoms with Crippen LogP contribution in [-0.4, -0.2) is 56.9 Å². The predicted molar refractivity (Wildman–Crippen MR) is 103 cm³/mol. The highest BCUT2D eigenvalue weighted by atomic mass is 16.5. The van der Waals surface area contributed by atoms with Gasteiger partial charge < -0.3 is 30.8 Å². The van der Waals surface area contributed by atoms with Gasteiger partial charge >= 0.3 is 0 Å². The van der Waals surface area contributed by atoms with Gasteiger partial charge in [0.05, 0.1) is 30.5 Å². The molecule has 7 nitrogen and oxygen atoms in total. The summed E-state index contributed by atoms with van der Waals surface area (Å²) in [5.41, 5.74) is 10.4. The summed E-state index contributed by atoms with van der Waals surface area (Å²) in [4.78, 5) is 6.80. The Labute approximate surface area is 153 Å². The number of piperidine rings is 1. The van der Waals surface area contributed by atoms with Crippen molar-refractivity contribution in [2.45, 2.75) is 18.3 Å². The maximum atomic E-state index is 8.14. The van der Waals surface area contributed by atoms with Crippen LogP contribution in [0.3, 0.4) is 0 Å². The van der Waals surface area contributed by atoms with Crippen LogP contribution in [0.15, 0.2) is 28.9 Å². The van der Waals surface area contributed by atoms with E-state index >= 15 is 0 Å². The highest BCUT2D eigenvalue weighted by molar-refractivity contribution is 6.01. The monoisotopic (exact) mass is 355 g/mol. The average Bonchev–Trinajstić information content (AvgIpc) is 3.22. The lowest BCUT2D eigenvalue weighted by atomic mass is 9.80. The minimum Gasteiger partial charge on any atom is -0.495 e. The maximum Gasteiger partial charge on any atom is 0.142 e. The molecule has 1 spiro atoms. The van der Waals surface area contributed by atoms with Gasteiger partial charge in [-0.1, -0.05) is 0 Å². The lowest BCUT2D eigenvalue weighted by molar-refractivity contribution is 0.188. The van der Waals surface area contributed by atoms with Gasteiger partial charge in [0, 0.05) is 43.6 Å². The molecular formula is C19H25N5O2. The molecule has 1 aromatic carbocycles. The number of benzene rings is 1. The Bertz CT molecular complexity index is 808. The van der Waals surface area contributed by atoms with Gasteiger partial charge in [-0.15, -0.1) is 0 Å². The van der Waals surface area contributed by atoms with Gasteiger partial charge in [0.15, 0.2) is 0 Å². The molecule has 7 heteroatoms. The van der Waals surface area contributed by atoms with Gasteiger partial charge in [0.1, 0.15) is 11.6 Å². The van der Waals surface area contributed by atoms with E-state index in [9.17, 15) is 0 Å². The largest absolute Gasteiger partial charge is 0.495 e. The molecule has 2 saturated heterocycles. The van der Waals surface area contributed by atoms with Gasteiger partial charge in [-0.25, -0.2) is 4.99 Å². The van der Waals surface area contributed by atoms with Crippen LogP contribution in [0.25, 0.3) is 0 Å². The summed E-state index contributed by atoms with van der Waals surface area (Å²) in [6.07, 6.45) is 3.52. The van der Waals surface area contributed by atoms with E-state index in [1.54, 1.807) is 7.11 Å². The van der Waals surface area contributed by atoms with Crippen LogP contribution in [0.5, 0.6) is 5.75 Å². The van der Waals surface area contributed by atoms with Crippen molar-refractivity contribution in [1.82, 2.24) is 4.90 Å². The smallest absolute Gasteiger partial charge is 0.142 e. The molecule has 1 unspecified atom stereocenters. The number of fused-ring (bicyclic) bond motifs is 2. The van der Waals surface area contributed by atoms with Gasteiger partial charge in [0.2, 0.25) is 0 Å². The number of nitrogens with two attached hydrogens (primary N) is 1. The number of hydrogen-bond donors (Lipinski definition) is 3. The van der Waals surface area contributed by atoms with Gasteiger partial charge in [-0.05, 0) is 31.2 Å². The van der Waals surface area contributed by atoms with Crippen LogP contribution in [0.2, 0.25) is 0 Å². The molecule has 1 aromatic rings. The molecule has 3 heterocycles. The van der Waals surface area contributed by atoms with E-state index in [1.807, 2.05) is 18.3 Å². The molecule has 2 fully saturated rings. The third-order valence-corrected chi connectivity index (χ3v) is 5.56. The number of methoxy groups -OCH3 is 1. The molecule has 0 bridgehead atoms. The lowest BCUT2D eigenvalue weighted by Crippen LogP contribution is -2.39. The number of likely N-dealkylation sites (tertiary alicyclic amines) is 1. The van der Waals surface area contributed by atoms with Crippen molar-refractivity contribution in [3.05, 3.63) is 29.5 Å². The summed E-state index contributed by atoms with van der Waals surface area (Å²) in [5, 5.41) is 11.5. The molecule has 0 aromatic heterocycles. The molecule has 3 aliphatic rings. The highest BCUT2D eigenvalue weighted by Gasteiger charge is 2.46. The summed E-state index contributed by atoms with van der Waals surface area (Å²) < 4.78 is 11.2. The zero-order chi connectivity index (χ0) is 18.3. The van der Waals surface area contributed by atoms with Crippen LogP contribution >= 0.6 is 0 Å². The van der Waals surface area contributed by atoms with E-state index in [0.29, 0.717) is 24.8 Å². The molecule has 138 valence electrons. The standard InChI is InChI=1S/C19H25N5O2/c1-24-5-3-14(20)12(10-24)9-22-16-8-15-13(7-17(16)25-2)19(18(21)23-15)4-6-26-11-19/h7-9,20,22H,3-6,10-11H2,1-2H3,(H2,21,23)/b12-9-,20-14?. The molecular weight excluding hydrogens is 330 g/mol. The van der Waals surface area contributed by atoms with Crippen molar-refractivity contribution in [3.63, 3.8) is 0 Å². The van der Waals surface area contributed by atoms with E-state index in [2.05, 4.69) is 22.3 Å². The van der Waals surface area contributed by atoms with Crippen molar-refractivity contribution in [2.75, 3.05) is 45.8 Å². The topological polar surface area (TPSA) is 96.0 Å². The molecule has 0 saturated carbocycles. The minimum absolute atomic E-state index is 0.312. The first-order valence-electron chi connectivity index (χ1n) is 8.90. The Hall–Kier alpha value is -2.38. The second-order valence-electron chi connectivity index (χ2n) is 7.23. The summed E-state index contributed by atoms with van der Waals surface area (Å²) in [6.45, 7) is 2.96. The first kappa shape index (κ1) is 17.1. The average molecular weight is 355 g/mol. The number of nitrogens with zero attached hydrogens (tertiary/aromatic N) is 2. The fourth-order valence-electron chi connectivity index (χ4n) is 3.91. The first-order valence-corrected chi connectivity index (χ1v) is 8.90. The van der Waals surface area contributed by atoms with Crippen LogP contribution in [-0.2, 0) is 10.2 Å². The third kappa shape index (κ3) is 2.68. The Kier molecular flexibility index (Phi) is 4.20. The third-order valence-electron chi connectivity index (χ3n) is 5.56. The van der Waals surface area contributed by atoms with Crippen molar-refractivity contribution >= 4 is 22.9 Å². The molecule has 26 heavy (non-hydrogen) atoms. The maximum absolute atomic E-state index is 8.14. The molecule has 4 rings (SSSR count). The molecule has 3 aliphatic heterocycles. The first-order chi connectivity index (χ1) is 12.5. The Morgan fingerprint density at radius 3 is 3.04 bits per heavy atom. The number of likely N-dealkylation sites (N-methyl/N-ethyl adjacent to an activating group) is 1. The van der Waals surface area contributed by atoms with Crippen LogP contribution < -0.4 is 15.8 Å². The van der Waals surface area contributed by atoms with Gasteiger partial charge in [-0.2, -0.15) is 0 Å². The number of aliphatic imine (C=N–C) groups is 1. The summed E-state index contributed by atoms with van der Waals surface area (Å²) in [6, 6.07) is 3.99. The molecule has 0 radical (unpaired) electrons. The molecule has 1 atom stereocenters. The summed E-state index contributed by atoms with van der Waals surface area (Å²) >= 11 is 0. The summed E-state index contributed by atoms with van der Waals surface area (Å²) in [5.74, 6) is 1.37. The number of hydrogen-bond acceptors (Lipinski definition) is 7. The Morgan fingerprint density at radius 2 is 2.31 bits per heavy atom. The van der Waals surface area contributed by atoms with E-state index in [1.165, 1.54) is 0 Å². The van der Waals surface area contributed by atoms with E-state index in [-0.39, 0.29) is 5.41 Å². The quantitative estimate of drug-likeness (QED) is 0.771. The summed E-state index contributed by atoms with van der Waals surface area (Å²) in [7, 11) is 3.73. The van der Waals surface area contributed by atoms with Crippen LogP contribution in [0, 0.1) is 5.41 Å². The Morgan fingerprint density at radius 1 is 1.46 bits per heavy atom. The highest BCUT2D eigenvalue weighted by Crippen LogP contribution is 2.47. The zero-order valence-corrected chi connectivity index (χ0v) is 15.3. The van der Waals surface area contributed by atoms with Gasteiger partial charge in [0.25, 0.3) is 0 Å². The molecule has 4 N–H and O–H groups in total. The van der Waals surface area contributed by atoms with Crippen molar-refractivity contribution in [3.8, 4) is 5.75 Å². The molecule has 0 aliphatic carbocycles. The fraction of sp³-hybridized carbons (Fsp3) is 0.474. The van der Waals surface area contributed by atoms with Crippen LogP contribution in [0.4, 0.5) is 11.4 Å². The SMILES string of the molecule is COc1cc2c(cc1N/C=C1/CN(C)CCC1=N)N=C(N)C21CCOC1. The lowest BCUT2D eigenvalue weighted by Gasteiger charge is -2.25. The zero-order valence-electron chi connectivity index (χ0n) is 15.3. The number of anilines is 1. The number of rotatable bonds is 3. The number of nitrogens with one attached hydrogen (secondary N) is 2. The molecule has 0 amide bonds. The predicted octanol–water partition coefficient (Wildman–Crippen LogP) is 2.01. The second kappa shape index (κ2) is 6.41. The normalized spacial score (nSPS) is 27.1. The van der Waals surface area contributed by atoms with Crippen molar-refractivity contribution in [1.29, 1.82) is 5.41 Å². The fourth-order valence-corrected chi connectivity index (χ4v) is 3.91. The number of ether oxygens (including phenoxy) is 2. The van der Waals surface area contributed by atoms with E-state index in [0.717, 1.165) is 54.2 Å². The number of amidine groups is 1. The minimum atomic E-state index is -0.312. The second-order valence-corrected chi connectivity index (χ2v) is 7.23. The van der Waals surface area contributed by atoms with E-state index in [4.69, 9.17) is 20.6 Å². The van der Waals surface area contributed by atoms with Crippen LogP contribution in [0.1, 0.15) is 18.4 Å². The van der Waals surface area contributed by atoms with Gasteiger partial charge in [-0.3, -0.25) is 0 Å². The van der Waals surface area contributed by atoms with Crippen molar-refractivity contribution in [2.24, 2.45) is 10.7 Å². The Balaban J connectivity index is 1.66.